The quantitative estimate of drug-likeness (QED) is 0.639. The zero-order chi connectivity index (χ0) is 17.2. The Balaban J connectivity index is 2.11. The summed E-state index contributed by atoms with van der Waals surface area (Å²) in [5.74, 6) is 0. The number of nitro groups is 1. The summed E-state index contributed by atoms with van der Waals surface area (Å²) in [5.41, 5.74) is -0.423. The van der Waals surface area contributed by atoms with Gasteiger partial charge < -0.3 is 5.32 Å². The number of aromatic nitrogens is 1. The summed E-state index contributed by atoms with van der Waals surface area (Å²) >= 11 is 1.21. The van der Waals surface area contributed by atoms with Crippen LogP contribution in [-0.2, 0) is 10.0 Å². The minimum absolute atomic E-state index is 0.276. The average Bonchev–Trinajstić information content (AvgIpc) is 3.09. The molecule has 0 aliphatic carbocycles. The highest BCUT2D eigenvalue weighted by molar-refractivity contribution is 7.93. The third kappa shape index (κ3) is 3.12. The molecule has 0 atom stereocenters. The Morgan fingerprint density at radius 3 is 2.62 bits per heavy atom. The first-order valence-corrected chi connectivity index (χ1v) is 9.72. The van der Waals surface area contributed by atoms with Gasteiger partial charge in [0.2, 0.25) is 0 Å². The van der Waals surface area contributed by atoms with E-state index >= 15 is 0 Å². The summed E-state index contributed by atoms with van der Waals surface area (Å²) in [6.07, 6.45) is 2.78. The smallest absolute Gasteiger partial charge is 0.289 e. The molecule has 3 rings (SSSR count). The lowest BCUT2D eigenvalue weighted by molar-refractivity contribution is -0.387. The number of hydrogen-bond acceptors (Lipinski definition) is 7. The number of anilines is 1. The average molecular weight is 368 g/mol. The van der Waals surface area contributed by atoms with Crippen molar-refractivity contribution >= 4 is 32.2 Å². The first-order valence-electron chi connectivity index (χ1n) is 7.40. The van der Waals surface area contributed by atoms with E-state index in [2.05, 4.69) is 10.3 Å². The molecule has 2 aromatic rings. The second-order valence-electron chi connectivity index (χ2n) is 5.32. The first kappa shape index (κ1) is 16.8. The number of benzene rings is 1. The third-order valence-electron chi connectivity index (χ3n) is 3.85. The lowest BCUT2D eigenvalue weighted by Crippen LogP contribution is -2.46. The van der Waals surface area contributed by atoms with E-state index in [4.69, 9.17) is 0 Å². The molecule has 0 radical (unpaired) electrons. The molecule has 10 heteroatoms. The van der Waals surface area contributed by atoms with Gasteiger partial charge in [-0.05, 0) is 32.0 Å². The Morgan fingerprint density at radius 1 is 1.29 bits per heavy atom. The van der Waals surface area contributed by atoms with E-state index in [-0.39, 0.29) is 10.9 Å². The van der Waals surface area contributed by atoms with Gasteiger partial charge in [-0.2, -0.15) is 0 Å². The summed E-state index contributed by atoms with van der Waals surface area (Å²) in [6, 6.07) is 5.14. The number of nitrogens with zero attached hydrogens (tertiary/aromatic N) is 3. The highest BCUT2D eigenvalue weighted by atomic mass is 32.2. The Bertz CT molecular complexity index is 817. The van der Waals surface area contributed by atoms with Crippen LogP contribution in [0.15, 0.2) is 40.7 Å². The molecule has 0 spiro atoms. The van der Waals surface area contributed by atoms with Crippen molar-refractivity contribution in [3.8, 4) is 0 Å². The van der Waals surface area contributed by atoms with Gasteiger partial charge in [-0.15, -0.1) is 11.3 Å². The van der Waals surface area contributed by atoms with Crippen LogP contribution in [0.3, 0.4) is 0 Å². The molecule has 0 bridgehead atoms. The summed E-state index contributed by atoms with van der Waals surface area (Å²) in [5, 5.41) is 16.5. The van der Waals surface area contributed by atoms with Gasteiger partial charge in [0, 0.05) is 17.6 Å². The molecule has 1 aliphatic rings. The molecule has 1 aliphatic heterocycles. The van der Waals surface area contributed by atoms with Crippen molar-refractivity contribution < 1.29 is 13.3 Å². The summed E-state index contributed by atoms with van der Waals surface area (Å²) in [7, 11) is -4.09. The van der Waals surface area contributed by atoms with Crippen LogP contribution in [0.2, 0.25) is 0 Å². The summed E-state index contributed by atoms with van der Waals surface area (Å²) in [4.78, 5) is 14.4. The molecule has 1 N–H and O–H groups in total. The number of piperidine rings is 1. The van der Waals surface area contributed by atoms with Crippen LogP contribution < -0.4 is 9.62 Å². The van der Waals surface area contributed by atoms with Gasteiger partial charge in [-0.3, -0.25) is 10.1 Å². The Kier molecular flexibility index (Phi) is 4.78. The molecule has 0 saturated carbocycles. The second kappa shape index (κ2) is 6.83. The van der Waals surface area contributed by atoms with Gasteiger partial charge in [0.1, 0.15) is 0 Å². The fourth-order valence-electron chi connectivity index (χ4n) is 2.75. The first-order chi connectivity index (χ1) is 11.5. The fourth-order valence-corrected chi connectivity index (χ4v) is 5.52. The topological polar surface area (TPSA) is 105 Å². The van der Waals surface area contributed by atoms with Gasteiger partial charge in [0.05, 0.1) is 11.0 Å². The van der Waals surface area contributed by atoms with Gasteiger partial charge in [-0.25, -0.2) is 17.7 Å². The SMILES string of the molecule is O=[N+]([O-])c1ccccc1S(=O)(=O)N(c1nccs1)C1CCNCC1. The lowest BCUT2D eigenvalue weighted by atomic mass is 10.1. The maximum Gasteiger partial charge on any atom is 0.289 e. The highest BCUT2D eigenvalue weighted by Gasteiger charge is 2.37. The predicted octanol–water partition coefficient (Wildman–Crippen LogP) is 2.00. The van der Waals surface area contributed by atoms with Crippen LogP contribution in [0.5, 0.6) is 0 Å². The monoisotopic (exact) mass is 368 g/mol. The summed E-state index contributed by atoms with van der Waals surface area (Å²) in [6.45, 7) is 1.39. The van der Waals surface area contributed by atoms with E-state index in [1.807, 2.05) is 0 Å². The van der Waals surface area contributed by atoms with Crippen LogP contribution in [0.4, 0.5) is 10.8 Å². The highest BCUT2D eigenvalue weighted by Crippen LogP contribution is 2.34. The standard InChI is InChI=1S/C14H16N4O4S2/c19-18(20)12-3-1-2-4-13(12)24(21,22)17(14-16-9-10-23-14)11-5-7-15-8-6-11/h1-4,9-11,15H,5-8H2. The van der Waals surface area contributed by atoms with Crippen LogP contribution in [0.1, 0.15) is 12.8 Å². The number of sulfonamides is 1. The molecule has 24 heavy (non-hydrogen) atoms. The van der Waals surface area contributed by atoms with Crippen LogP contribution in [0.25, 0.3) is 0 Å². The van der Waals surface area contributed by atoms with Crippen molar-refractivity contribution in [3.63, 3.8) is 0 Å². The van der Waals surface area contributed by atoms with Crippen molar-refractivity contribution in [2.75, 3.05) is 17.4 Å². The van der Waals surface area contributed by atoms with Gasteiger partial charge >= 0.3 is 0 Å². The van der Waals surface area contributed by atoms with Crippen molar-refractivity contribution in [1.82, 2.24) is 10.3 Å². The molecule has 0 amide bonds. The molecule has 2 heterocycles. The third-order valence-corrected chi connectivity index (χ3v) is 6.62. The maximum atomic E-state index is 13.2. The molecule has 1 saturated heterocycles. The molecule has 1 aromatic carbocycles. The van der Waals surface area contributed by atoms with Crippen LogP contribution in [-0.4, -0.2) is 37.5 Å². The number of rotatable bonds is 5. The molecule has 1 aromatic heterocycles. The normalized spacial score (nSPS) is 16.0. The predicted molar refractivity (Wildman–Crippen MR) is 90.8 cm³/mol. The Labute approximate surface area is 143 Å². The molecule has 8 nitrogen and oxygen atoms in total. The maximum absolute atomic E-state index is 13.2. The number of hydrogen-bond donors (Lipinski definition) is 1. The Hall–Kier alpha value is -2.04. The minimum atomic E-state index is -4.09. The second-order valence-corrected chi connectivity index (χ2v) is 7.98. The van der Waals surface area contributed by atoms with E-state index in [1.165, 1.54) is 46.1 Å². The number of thiazole rings is 1. The molecule has 128 valence electrons. The fraction of sp³-hybridized carbons (Fsp3) is 0.357. The van der Waals surface area contributed by atoms with E-state index in [0.717, 1.165) is 0 Å². The number of nitrogens with one attached hydrogen (secondary N) is 1. The van der Waals surface area contributed by atoms with Crippen LogP contribution in [0, 0.1) is 10.1 Å². The molecule has 1 fully saturated rings. The van der Waals surface area contributed by atoms with Gasteiger partial charge in [-0.1, -0.05) is 12.1 Å². The lowest BCUT2D eigenvalue weighted by Gasteiger charge is -2.33. The van der Waals surface area contributed by atoms with Crippen LogP contribution >= 0.6 is 11.3 Å². The Morgan fingerprint density at radius 2 is 2.00 bits per heavy atom. The largest absolute Gasteiger partial charge is 0.317 e. The zero-order valence-electron chi connectivity index (χ0n) is 12.7. The summed E-state index contributed by atoms with van der Waals surface area (Å²) < 4.78 is 27.7. The van der Waals surface area contributed by atoms with Crippen molar-refractivity contribution in [3.05, 3.63) is 46.0 Å². The molecular formula is C14H16N4O4S2. The zero-order valence-corrected chi connectivity index (χ0v) is 14.3. The molecular weight excluding hydrogens is 352 g/mol. The number of para-hydroxylation sites is 1. The van der Waals surface area contributed by atoms with Crippen molar-refractivity contribution in [1.29, 1.82) is 0 Å². The molecule has 0 unspecified atom stereocenters. The van der Waals surface area contributed by atoms with Crippen molar-refractivity contribution in [2.45, 2.75) is 23.8 Å². The van der Waals surface area contributed by atoms with Gasteiger partial charge in [0.15, 0.2) is 10.0 Å². The van der Waals surface area contributed by atoms with E-state index in [9.17, 15) is 18.5 Å². The number of nitro benzene ring substituents is 1. The minimum Gasteiger partial charge on any atom is -0.317 e. The van der Waals surface area contributed by atoms with E-state index in [0.29, 0.717) is 31.1 Å². The van der Waals surface area contributed by atoms with Crippen molar-refractivity contribution in [2.24, 2.45) is 0 Å². The van der Waals surface area contributed by atoms with E-state index < -0.39 is 20.6 Å². The van der Waals surface area contributed by atoms with E-state index in [1.54, 1.807) is 5.38 Å². The van der Waals surface area contributed by atoms with Gasteiger partial charge in [0.25, 0.3) is 15.7 Å².